The Bertz CT molecular complexity index is 126. The quantitative estimate of drug-likeness (QED) is 0.457. The maximum Gasteiger partial charge on any atom is -0.0305 e. The molecule has 0 aromatic rings. The van der Waals surface area contributed by atoms with Crippen LogP contribution in [0.1, 0.15) is 79.6 Å². The van der Waals surface area contributed by atoms with Crippen molar-refractivity contribution >= 4 is 0 Å². The van der Waals surface area contributed by atoms with Gasteiger partial charge in [-0.05, 0) is 17.8 Å². The fraction of sp³-hybridized carbons (Fsp3) is 1.00. The molecule has 0 aromatic heterocycles. The zero-order chi connectivity index (χ0) is 11.0. The van der Waals surface area contributed by atoms with Gasteiger partial charge in [0, 0.05) is 0 Å². The van der Waals surface area contributed by atoms with Crippen molar-refractivity contribution in [2.75, 3.05) is 0 Å². The van der Waals surface area contributed by atoms with Gasteiger partial charge in [0.05, 0.1) is 0 Å². The van der Waals surface area contributed by atoms with E-state index in [0.29, 0.717) is 5.41 Å². The van der Waals surface area contributed by atoms with Gasteiger partial charge in [-0.25, -0.2) is 0 Å². The first-order chi connectivity index (χ1) is 6.56. The summed E-state index contributed by atoms with van der Waals surface area (Å²) in [6, 6.07) is 0. The second-order valence-corrected chi connectivity index (χ2v) is 5.33. The summed E-state index contributed by atoms with van der Waals surface area (Å²) in [6.07, 6.45) is 9.84. The predicted molar refractivity (Wildman–Crippen MR) is 66.6 cm³/mol. The van der Waals surface area contributed by atoms with Crippen LogP contribution in [0.25, 0.3) is 0 Å². The van der Waals surface area contributed by atoms with Gasteiger partial charge in [-0.1, -0.05) is 73.1 Å². The number of unbranched alkanes of at least 4 members (excludes halogenated alkanes) is 4. The Morgan fingerprint density at radius 2 is 1.50 bits per heavy atom. The topological polar surface area (TPSA) is 0 Å². The van der Waals surface area contributed by atoms with Gasteiger partial charge >= 0.3 is 0 Å². The summed E-state index contributed by atoms with van der Waals surface area (Å²) in [4.78, 5) is 0. The van der Waals surface area contributed by atoms with Gasteiger partial charge in [-0.15, -0.1) is 0 Å². The normalized spacial score (nSPS) is 15.9. The molecule has 0 N–H and O–H groups in total. The number of rotatable bonds is 8. The van der Waals surface area contributed by atoms with E-state index in [9.17, 15) is 0 Å². The van der Waals surface area contributed by atoms with Gasteiger partial charge in [0.1, 0.15) is 0 Å². The van der Waals surface area contributed by atoms with Crippen LogP contribution in [0.4, 0.5) is 0 Å². The van der Waals surface area contributed by atoms with E-state index >= 15 is 0 Å². The van der Waals surface area contributed by atoms with Crippen LogP contribution < -0.4 is 0 Å². The van der Waals surface area contributed by atoms with Crippen LogP contribution in [0.15, 0.2) is 0 Å². The molecule has 1 atom stereocenters. The summed E-state index contributed by atoms with van der Waals surface area (Å²) in [6.45, 7) is 11.8. The third-order valence-electron chi connectivity index (χ3n) is 4.05. The molecule has 0 saturated heterocycles. The predicted octanol–water partition coefficient (Wildman–Crippen LogP) is 5.42. The van der Waals surface area contributed by atoms with Crippen LogP contribution in [-0.4, -0.2) is 0 Å². The minimum atomic E-state index is 0.589. The molecule has 0 spiro atoms. The molecule has 0 heterocycles. The molecule has 0 aromatic carbocycles. The first-order valence-electron chi connectivity index (χ1n) is 6.56. The molecule has 1 unspecified atom stereocenters. The molecule has 0 nitrogen and oxygen atoms in total. The minimum absolute atomic E-state index is 0.589. The summed E-state index contributed by atoms with van der Waals surface area (Å²) < 4.78 is 0. The molecule has 0 amide bonds. The van der Waals surface area contributed by atoms with Crippen molar-refractivity contribution in [3.8, 4) is 0 Å². The van der Waals surface area contributed by atoms with Crippen LogP contribution in [-0.2, 0) is 0 Å². The van der Waals surface area contributed by atoms with Crippen molar-refractivity contribution in [1.29, 1.82) is 0 Å². The lowest BCUT2D eigenvalue weighted by molar-refractivity contribution is 0.183. The van der Waals surface area contributed by atoms with Gasteiger partial charge in [-0.3, -0.25) is 0 Å². The SMILES string of the molecule is CCCCCCCC(C)(CC)C(C)C. The van der Waals surface area contributed by atoms with E-state index in [2.05, 4.69) is 34.6 Å². The summed E-state index contributed by atoms with van der Waals surface area (Å²) in [7, 11) is 0. The molecule has 0 aliphatic rings. The van der Waals surface area contributed by atoms with E-state index < -0.39 is 0 Å². The molecule has 0 heteroatoms. The van der Waals surface area contributed by atoms with Crippen molar-refractivity contribution in [3.63, 3.8) is 0 Å². The Morgan fingerprint density at radius 3 is 1.93 bits per heavy atom. The molecule has 0 rings (SSSR count). The fourth-order valence-corrected chi connectivity index (χ4v) is 2.01. The van der Waals surface area contributed by atoms with Crippen LogP contribution >= 0.6 is 0 Å². The zero-order valence-electron chi connectivity index (χ0n) is 11.0. The van der Waals surface area contributed by atoms with Crippen LogP contribution in [0.2, 0.25) is 0 Å². The molecule has 0 fully saturated rings. The van der Waals surface area contributed by atoms with Crippen molar-refractivity contribution in [2.45, 2.75) is 79.6 Å². The second kappa shape index (κ2) is 7.31. The highest BCUT2D eigenvalue weighted by molar-refractivity contribution is 4.75. The summed E-state index contributed by atoms with van der Waals surface area (Å²) in [5.74, 6) is 0.832. The summed E-state index contributed by atoms with van der Waals surface area (Å²) in [5, 5.41) is 0. The molecule has 0 radical (unpaired) electrons. The lowest BCUT2D eigenvalue weighted by atomic mass is 9.73. The van der Waals surface area contributed by atoms with Gasteiger partial charge in [0.25, 0.3) is 0 Å². The maximum atomic E-state index is 2.46. The van der Waals surface area contributed by atoms with Crippen molar-refractivity contribution in [2.24, 2.45) is 11.3 Å². The number of hydrogen-bond donors (Lipinski definition) is 0. The smallest absolute Gasteiger partial charge is 0.0305 e. The Hall–Kier alpha value is 0. The van der Waals surface area contributed by atoms with Crippen molar-refractivity contribution in [1.82, 2.24) is 0 Å². The minimum Gasteiger partial charge on any atom is -0.0654 e. The first kappa shape index (κ1) is 14.0. The Labute approximate surface area is 91.5 Å². The monoisotopic (exact) mass is 198 g/mol. The van der Waals surface area contributed by atoms with E-state index in [0.717, 1.165) is 5.92 Å². The lowest BCUT2D eigenvalue weighted by Gasteiger charge is -2.32. The molecular formula is C14H30. The lowest BCUT2D eigenvalue weighted by Crippen LogP contribution is -2.22. The van der Waals surface area contributed by atoms with Crippen LogP contribution in [0.3, 0.4) is 0 Å². The van der Waals surface area contributed by atoms with Crippen molar-refractivity contribution in [3.05, 3.63) is 0 Å². The summed E-state index contributed by atoms with van der Waals surface area (Å²) in [5.41, 5.74) is 0.589. The fourth-order valence-electron chi connectivity index (χ4n) is 2.01. The molecule has 0 bridgehead atoms. The Kier molecular flexibility index (Phi) is 7.31. The van der Waals surface area contributed by atoms with E-state index in [1.54, 1.807) is 0 Å². The number of hydrogen-bond acceptors (Lipinski definition) is 0. The van der Waals surface area contributed by atoms with E-state index in [1.807, 2.05) is 0 Å². The maximum absolute atomic E-state index is 2.46. The standard InChI is InChI=1S/C14H30/c1-6-8-9-10-11-12-14(5,7-2)13(3)4/h13H,6-12H2,1-5H3. The molecule has 0 saturated carbocycles. The molecular weight excluding hydrogens is 168 g/mol. The van der Waals surface area contributed by atoms with E-state index in [-0.39, 0.29) is 0 Å². The zero-order valence-corrected chi connectivity index (χ0v) is 11.0. The van der Waals surface area contributed by atoms with Gasteiger partial charge in [0.2, 0.25) is 0 Å². The highest BCUT2D eigenvalue weighted by Gasteiger charge is 2.24. The summed E-state index contributed by atoms with van der Waals surface area (Å²) >= 11 is 0. The molecule has 0 aliphatic carbocycles. The highest BCUT2D eigenvalue weighted by atomic mass is 14.3. The Balaban J connectivity index is 3.63. The van der Waals surface area contributed by atoms with Gasteiger partial charge in [-0.2, -0.15) is 0 Å². The average molecular weight is 198 g/mol. The molecule has 86 valence electrons. The highest BCUT2D eigenvalue weighted by Crippen LogP contribution is 2.36. The van der Waals surface area contributed by atoms with Crippen LogP contribution in [0.5, 0.6) is 0 Å². The third-order valence-corrected chi connectivity index (χ3v) is 4.05. The Morgan fingerprint density at radius 1 is 0.929 bits per heavy atom. The first-order valence-corrected chi connectivity index (χ1v) is 6.56. The molecule has 14 heavy (non-hydrogen) atoms. The van der Waals surface area contributed by atoms with Crippen molar-refractivity contribution < 1.29 is 0 Å². The van der Waals surface area contributed by atoms with E-state index in [4.69, 9.17) is 0 Å². The van der Waals surface area contributed by atoms with Gasteiger partial charge in [0.15, 0.2) is 0 Å². The van der Waals surface area contributed by atoms with Gasteiger partial charge < -0.3 is 0 Å². The molecule has 0 aliphatic heterocycles. The third kappa shape index (κ3) is 5.02. The van der Waals surface area contributed by atoms with E-state index in [1.165, 1.54) is 44.9 Å². The largest absolute Gasteiger partial charge is 0.0654 e. The second-order valence-electron chi connectivity index (χ2n) is 5.33. The average Bonchev–Trinajstić information content (AvgIpc) is 2.17. The van der Waals surface area contributed by atoms with Crippen LogP contribution in [0, 0.1) is 11.3 Å².